The molecule has 0 bridgehead atoms. The Kier molecular flexibility index (Phi) is 3.17. The van der Waals surface area contributed by atoms with Crippen LogP contribution in [0.25, 0.3) is 10.9 Å². The Morgan fingerprint density at radius 2 is 1.78 bits per heavy atom. The Morgan fingerprint density at radius 3 is 2.43 bits per heavy atom. The minimum Gasteiger partial charge on any atom is -0.506 e. The molecule has 0 amide bonds. The number of rotatable bonds is 1. The van der Waals surface area contributed by atoms with Gasteiger partial charge in [-0.2, -0.15) is 22.0 Å². The fourth-order valence-corrected chi connectivity index (χ4v) is 2.41. The average molecular weight is 329 g/mol. The molecule has 0 aliphatic heterocycles. The molecule has 120 valence electrons. The zero-order valence-electron chi connectivity index (χ0n) is 11.3. The first-order valence-electron chi connectivity index (χ1n) is 6.43. The highest BCUT2D eigenvalue weighted by atomic mass is 19.4. The van der Waals surface area contributed by atoms with Crippen LogP contribution in [0.5, 0.6) is 0 Å². The number of aromatic nitrogens is 1. The first kappa shape index (κ1) is 15.4. The standard InChI is InChI=1S/C15H8F5NO2/c16-14(17,15(18,19)20)13(23)9-6-11-8(12(9)22)5-7-3-1-2-4-10(7)21-11/h1-5,23H,6H2/b13-9-. The van der Waals surface area contributed by atoms with Crippen LogP contribution in [0.4, 0.5) is 22.0 Å². The lowest BCUT2D eigenvalue weighted by Gasteiger charge is -2.19. The van der Waals surface area contributed by atoms with Gasteiger partial charge in [-0.05, 0) is 12.1 Å². The van der Waals surface area contributed by atoms with Crippen LogP contribution in [-0.2, 0) is 6.42 Å². The minimum absolute atomic E-state index is 0.0632. The molecule has 0 unspecified atom stereocenters. The Morgan fingerprint density at radius 1 is 1.13 bits per heavy atom. The van der Waals surface area contributed by atoms with Crippen molar-refractivity contribution < 1.29 is 31.9 Å². The van der Waals surface area contributed by atoms with E-state index in [1.807, 2.05) is 0 Å². The number of pyridine rings is 1. The summed E-state index contributed by atoms with van der Waals surface area (Å²) in [5, 5.41) is 9.90. The van der Waals surface area contributed by atoms with Crippen LogP contribution in [0.1, 0.15) is 16.1 Å². The van der Waals surface area contributed by atoms with E-state index in [1.54, 1.807) is 24.3 Å². The molecule has 0 saturated heterocycles. The van der Waals surface area contributed by atoms with E-state index in [4.69, 9.17) is 0 Å². The van der Waals surface area contributed by atoms with Crippen LogP contribution in [0.15, 0.2) is 41.7 Å². The second-order valence-electron chi connectivity index (χ2n) is 5.08. The fraction of sp³-hybridized carbons (Fsp3) is 0.200. The molecule has 23 heavy (non-hydrogen) atoms. The molecule has 0 saturated carbocycles. The first-order chi connectivity index (χ1) is 10.6. The summed E-state index contributed by atoms with van der Waals surface area (Å²) in [7, 11) is 0. The van der Waals surface area contributed by atoms with Crippen molar-refractivity contribution in [1.29, 1.82) is 0 Å². The number of hydrogen-bond acceptors (Lipinski definition) is 3. The molecule has 1 heterocycles. The molecular formula is C15H8F5NO2. The molecule has 1 aromatic carbocycles. The maximum atomic E-state index is 13.2. The van der Waals surface area contributed by atoms with Gasteiger partial charge >= 0.3 is 12.1 Å². The van der Waals surface area contributed by atoms with Gasteiger partial charge in [0.2, 0.25) is 0 Å². The number of fused-ring (bicyclic) bond motifs is 2. The number of aliphatic hydroxyl groups excluding tert-OH is 1. The topological polar surface area (TPSA) is 50.2 Å². The van der Waals surface area contributed by atoms with Crippen LogP contribution in [-0.4, -0.2) is 28.0 Å². The number of allylic oxidation sites excluding steroid dienone is 2. The van der Waals surface area contributed by atoms with Crippen LogP contribution in [0.3, 0.4) is 0 Å². The first-order valence-corrected chi connectivity index (χ1v) is 6.43. The van der Waals surface area contributed by atoms with E-state index in [0.717, 1.165) is 0 Å². The second-order valence-corrected chi connectivity index (χ2v) is 5.08. The SMILES string of the molecule is O=C1/C(=C(\O)C(F)(F)C(F)(F)F)Cc2nc3ccccc3cc21. The molecule has 3 rings (SSSR count). The van der Waals surface area contributed by atoms with E-state index in [2.05, 4.69) is 4.98 Å². The molecule has 1 aliphatic rings. The summed E-state index contributed by atoms with van der Waals surface area (Å²) in [4.78, 5) is 16.2. The van der Waals surface area contributed by atoms with E-state index >= 15 is 0 Å². The lowest BCUT2D eigenvalue weighted by molar-refractivity contribution is -0.274. The number of halogens is 5. The molecule has 1 N–H and O–H groups in total. The third-order valence-electron chi connectivity index (χ3n) is 3.61. The number of nitrogens with zero attached hydrogens (tertiary/aromatic N) is 1. The highest BCUT2D eigenvalue weighted by Crippen LogP contribution is 2.43. The number of alkyl halides is 5. The van der Waals surface area contributed by atoms with E-state index in [9.17, 15) is 31.9 Å². The maximum absolute atomic E-state index is 13.2. The van der Waals surface area contributed by atoms with Crippen molar-refractivity contribution in [2.24, 2.45) is 0 Å². The normalized spacial score (nSPS) is 17.5. The van der Waals surface area contributed by atoms with Crippen molar-refractivity contribution in [3.8, 4) is 0 Å². The molecule has 0 spiro atoms. The van der Waals surface area contributed by atoms with Crippen LogP contribution < -0.4 is 0 Å². The smallest absolute Gasteiger partial charge is 0.461 e. The van der Waals surface area contributed by atoms with Gasteiger partial charge < -0.3 is 5.11 Å². The van der Waals surface area contributed by atoms with Gasteiger partial charge in [-0.1, -0.05) is 18.2 Å². The number of para-hydroxylation sites is 1. The summed E-state index contributed by atoms with van der Waals surface area (Å²) in [6.45, 7) is 0. The molecule has 3 nitrogen and oxygen atoms in total. The summed E-state index contributed by atoms with van der Waals surface area (Å²) in [5.74, 6) is -8.82. The number of ketones is 1. The van der Waals surface area contributed by atoms with E-state index in [0.29, 0.717) is 10.9 Å². The third kappa shape index (κ3) is 2.25. The zero-order valence-corrected chi connectivity index (χ0v) is 11.3. The van der Waals surface area contributed by atoms with Crippen molar-refractivity contribution in [3.63, 3.8) is 0 Å². The molecule has 1 aromatic heterocycles. The number of benzene rings is 1. The summed E-state index contributed by atoms with van der Waals surface area (Å²) in [5.41, 5.74) is -0.524. The second kappa shape index (κ2) is 4.74. The van der Waals surface area contributed by atoms with Crippen molar-refractivity contribution >= 4 is 16.7 Å². The Hall–Kier alpha value is -2.51. The Labute approximate surface area is 126 Å². The van der Waals surface area contributed by atoms with Crippen molar-refractivity contribution in [2.75, 3.05) is 0 Å². The number of aliphatic hydroxyl groups is 1. The summed E-state index contributed by atoms with van der Waals surface area (Å²) >= 11 is 0. The van der Waals surface area contributed by atoms with Crippen molar-refractivity contribution in [3.05, 3.63) is 52.9 Å². The summed E-state index contributed by atoms with van der Waals surface area (Å²) in [6.07, 6.45) is -6.56. The number of Topliss-reactive ketones (excluding diaryl/α,β-unsaturated/α-hetero) is 1. The lowest BCUT2D eigenvalue weighted by Crippen LogP contribution is -2.39. The van der Waals surface area contributed by atoms with Crippen molar-refractivity contribution in [2.45, 2.75) is 18.5 Å². The van der Waals surface area contributed by atoms with E-state index in [1.165, 1.54) is 6.07 Å². The van der Waals surface area contributed by atoms with Crippen molar-refractivity contribution in [1.82, 2.24) is 4.98 Å². The molecule has 0 radical (unpaired) electrons. The quantitative estimate of drug-likeness (QED) is 0.489. The molecule has 0 fully saturated rings. The van der Waals surface area contributed by atoms with E-state index in [-0.39, 0.29) is 11.3 Å². The van der Waals surface area contributed by atoms with Gasteiger partial charge in [0.1, 0.15) is 0 Å². The van der Waals surface area contributed by atoms with Crippen LogP contribution >= 0.6 is 0 Å². The summed E-state index contributed by atoms with van der Waals surface area (Å²) < 4.78 is 63.5. The molecular weight excluding hydrogens is 321 g/mol. The average Bonchev–Trinajstić information content (AvgIpc) is 2.79. The Balaban J connectivity index is 2.14. The largest absolute Gasteiger partial charge is 0.506 e. The molecule has 8 heteroatoms. The van der Waals surface area contributed by atoms with Gasteiger partial charge in [0.25, 0.3) is 0 Å². The van der Waals surface area contributed by atoms with Crippen LogP contribution in [0, 0.1) is 0 Å². The number of carbonyl (C=O) groups excluding carboxylic acids is 1. The molecule has 2 aromatic rings. The van der Waals surface area contributed by atoms with Gasteiger partial charge in [0.05, 0.1) is 16.8 Å². The maximum Gasteiger partial charge on any atom is 0.461 e. The predicted octanol–water partition coefficient (Wildman–Crippen LogP) is 3.98. The molecule has 0 atom stereocenters. The predicted molar refractivity (Wildman–Crippen MR) is 70.4 cm³/mol. The number of carbonyl (C=O) groups is 1. The van der Waals surface area contributed by atoms with Gasteiger partial charge in [0, 0.05) is 17.4 Å². The zero-order chi connectivity index (χ0) is 17.0. The van der Waals surface area contributed by atoms with Gasteiger partial charge in [-0.3, -0.25) is 9.78 Å². The third-order valence-corrected chi connectivity index (χ3v) is 3.61. The van der Waals surface area contributed by atoms with Gasteiger partial charge in [-0.15, -0.1) is 0 Å². The summed E-state index contributed by atoms with van der Waals surface area (Å²) in [6, 6.07) is 7.95. The lowest BCUT2D eigenvalue weighted by atomic mass is 10.1. The van der Waals surface area contributed by atoms with Crippen LogP contribution in [0.2, 0.25) is 0 Å². The number of hydrogen-bond donors (Lipinski definition) is 1. The monoisotopic (exact) mass is 329 g/mol. The highest BCUT2D eigenvalue weighted by molar-refractivity contribution is 6.14. The highest BCUT2D eigenvalue weighted by Gasteiger charge is 2.62. The minimum atomic E-state index is -5.99. The molecule has 1 aliphatic carbocycles. The fourth-order valence-electron chi connectivity index (χ4n) is 2.41. The van der Waals surface area contributed by atoms with Gasteiger partial charge in [-0.25, -0.2) is 0 Å². The van der Waals surface area contributed by atoms with E-state index < -0.39 is 35.6 Å². The Bertz CT molecular complexity index is 855. The van der Waals surface area contributed by atoms with Gasteiger partial charge in [0.15, 0.2) is 11.5 Å².